The van der Waals surface area contributed by atoms with Crippen LogP contribution in [0.15, 0.2) is 79.0 Å². The van der Waals surface area contributed by atoms with Gasteiger partial charge in [-0.2, -0.15) is 0 Å². The van der Waals surface area contributed by atoms with Crippen LogP contribution in [-0.2, 0) is 22.6 Å². The Bertz CT molecular complexity index is 1590. The van der Waals surface area contributed by atoms with Crippen molar-refractivity contribution in [3.8, 4) is 11.1 Å². The largest absolute Gasteiger partial charge is 0.481 e. The van der Waals surface area contributed by atoms with Crippen LogP contribution in [0.3, 0.4) is 0 Å². The second-order valence-electron chi connectivity index (χ2n) is 10.6. The molecule has 1 aliphatic heterocycles. The normalized spacial score (nSPS) is 16.9. The van der Waals surface area contributed by atoms with Crippen molar-refractivity contribution in [2.45, 2.75) is 31.9 Å². The number of likely N-dealkylation sites (tertiary alicyclic amines) is 1. The number of carbonyl (C=O) groups is 3. The number of halogens is 2. The fourth-order valence-corrected chi connectivity index (χ4v) is 5.48. The number of aromatic nitrogens is 3. The molecule has 4 aromatic rings. The molecule has 43 heavy (non-hydrogen) atoms. The lowest BCUT2D eigenvalue weighted by molar-refractivity contribution is -0.149. The molecular weight excluding hydrogens is 577 g/mol. The summed E-state index contributed by atoms with van der Waals surface area (Å²) >= 11 is 6.05. The first-order chi connectivity index (χ1) is 20.7. The number of aromatic amines is 1. The number of benzene rings is 3. The van der Waals surface area contributed by atoms with E-state index in [-0.39, 0.29) is 44.7 Å². The lowest BCUT2D eigenvalue weighted by Crippen LogP contribution is -2.45. The minimum absolute atomic E-state index is 0.0444. The molecule has 1 aliphatic rings. The first-order valence-corrected chi connectivity index (χ1v) is 14.0. The van der Waals surface area contributed by atoms with Crippen LogP contribution in [0.1, 0.15) is 34.5 Å². The molecule has 3 aromatic carbocycles. The maximum absolute atomic E-state index is 14.4. The van der Waals surface area contributed by atoms with Crippen molar-refractivity contribution in [3.05, 3.63) is 107 Å². The zero-order valence-corrected chi connectivity index (χ0v) is 23.8. The average Bonchev–Trinajstić information content (AvgIpc) is 3.70. The molecule has 1 aromatic heterocycles. The number of ether oxygens (including phenoxy) is 1. The molecule has 5 rings (SSSR count). The van der Waals surface area contributed by atoms with Crippen molar-refractivity contribution in [2.24, 2.45) is 5.41 Å². The third-order valence-electron chi connectivity index (χ3n) is 7.58. The third-order valence-corrected chi connectivity index (χ3v) is 7.81. The van der Waals surface area contributed by atoms with Crippen LogP contribution in [0.25, 0.3) is 11.1 Å². The summed E-state index contributed by atoms with van der Waals surface area (Å²) in [5.74, 6) is -1.97. The van der Waals surface area contributed by atoms with Crippen molar-refractivity contribution in [1.29, 1.82) is 0 Å². The molecule has 0 aliphatic carbocycles. The highest BCUT2D eigenvalue weighted by Gasteiger charge is 2.48. The summed E-state index contributed by atoms with van der Waals surface area (Å²) < 4.78 is 19.8. The molecule has 3 N–H and O–H groups in total. The number of H-pyrrole nitrogens is 1. The number of carbonyl (C=O) groups excluding carboxylic acids is 2. The van der Waals surface area contributed by atoms with E-state index in [2.05, 4.69) is 20.7 Å². The molecule has 0 bridgehead atoms. The third kappa shape index (κ3) is 7.18. The Kier molecular flexibility index (Phi) is 9.01. The van der Waals surface area contributed by atoms with Crippen LogP contribution in [0, 0.1) is 11.2 Å². The Morgan fingerprint density at radius 3 is 2.56 bits per heavy atom. The molecule has 0 radical (unpaired) electrons. The highest BCUT2D eigenvalue weighted by molar-refractivity contribution is 6.30. The summed E-state index contributed by atoms with van der Waals surface area (Å²) in [5.41, 5.74) is 1.39. The minimum Gasteiger partial charge on any atom is -0.481 e. The van der Waals surface area contributed by atoms with Gasteiger partial charge >= 0.3 is 12.1 Å². The molecule has 0 saturated carbocycles. The van der Waals surface area contributed by atoms with E-state index >= 15 is 0 Å². The first kappa shape index (κ1) is 29.7. The maximum Gasteiger partial charge on any atom is 0.410 e. The van der Waals surface area contributed by atoms with Gasteiger partial charge in [-0.3, -0.25) is 14.7 Å². The van der Waals surface area contributed by atoms with E-state index in [1.54, 1.807) is 30.3 Å². The highest BCUT2D eigenvalue weighted by Crippen LogP contribution is 2.37. The summed E-state index contributed by atoms with van der Waals surface area (Å²) in [6.07, 6.45) is 1.18. The SMILES string of the molecule is O=C(N[C@H](Cc1ccc(-c2cc(Cl)ccc2F)cc1)CC1(C(=O)O)CCN(C(=O)OCc2ccccc2)C1)c1cnn[nH]1. The number of nitrogens with one attached hydrogen (secondary N) is 2. The van der Waals surface area contributed by atoms with Crippen LogP contribution in [-0.4, -0.2) is 62.5 Å². The summed E-state index contributed by atoms with van der Waals surface area (Å²) in [6.45, 7) is 0.202. The number of hydrogen-bond donors (Lipinski definition) is 3. The van der Waals surface area contributed by atoms with E-state index in [1.807, 2.05) is 30.3 Å². The summed E-state index contributed by atoms with van der Waals surface area (Å²) in [5, 5.41) is 23.4. The van der Waals surface area contributed by atoms with Gasteiger partial charge in [0.25, 0.3) is 5.91 Å². The van der Waals surface area contributed by atoms with Gasteiger partial charge in [0.15, 0.2) is 0 Å². The number of aliphatic carboxylic acids is 1. The fourth-order valence-electron chi connectivity index (χ4n) is 5.31. The number of amides is 2. The highest BCUT2D eigenvalue weighted by atomic mass is 35.5. The van der Waals surface area contributed by atoms with Gasteiger partial charge in [0, 0.05) is 29.7 Å². The van der Waals surface area contributed by atoms with E-state index in [0.717, 1.165) is 11.1 Å². The van der Waals surface area contributed by atoms with E-state index < -0.39 is 35.2 Å². The fraction of sp³-hybridized carbons (Fsp3) is 0.258. The Morgan fingerprint density at radius 1 is 1.09 bits per heavy atom. The zero-order valence-electron chi connectivity index (χ0n) is 23.0. The number of hydrogen-bond acceptors (Lipinski definition) is 6. The smallest absolute Gasteiger partial charge is 0.410 e. The second-order valence-corrected chi connectivity index (χ2v) is 11.0. The number of carboxylic acids is 1. The number of carboxylic acid groups (broad SMARTS) is 1. The zero-order chi connectivity index (χ0) is 30.4. The lowest BCUT2D eigenvalue weighted by Gasteiger charge is -2.30. The number of rotatable bonds is 10. The van der Waals surface area contributed by atoms with E-state index in [0.29, 0.717) is 16.1 Å². The molecule has 1 unspecified atom stereocenters. The van der Waals surface area contributed by atoms with Crippen molar-refractivity contribution in [2.75, 3.05) is 13.1 Å². The van der Waals surface area contributed by atoms with E-state index in [1.165, 1.54) is 23.2 Å². The van der Waals surface area contributed by atoms with Crippen molar-refractivity contribution >= 4 is 29.6 Å². The topological polar surface area (TPSA) is 138 Å². The van der Waals surface area contributed by atoms with Crippen LogP contribution >= 0.6 is 11.6 Å². The molecule has 1 fully saturated rings. The van der Waals surface area contributed by atoms with Crippen molar-refractivity contribution < 1.29 is 28.6 Å². The molecule has 10 nitrogen and oxygen atoms in total. The van der Waals surface area contributed by atoms with Gasteiger partial charge in [-0.15, -0.1) is 5.10 Å². The average molecular weight is 606 g/mol. The molecule has 2 atom stereocenters. The number of nitrogens with zero attached hydrogens (tertiary/aromatic N) is 3. The van der Waals surface area contributed by atoms with Crippen LogP contribution in [0.2, 0.25) is 5.02 Å². The van der Waals surface area contributed by atoms with Gasteiger partial charge in [-0.25, -0.2) is 9.18 Å². The van der Waals surface area contributed by atoms with Gasteiger partial charge in [0.1, 0.15) is 18.1 Å². The second kappa shape index (κ2) is 13.0. The Labute approximate surface area is 251 Å². The van der Waals surface area contributed by atoms with E-state index in [4.69, 9.17) is 16.3 Å². The quantitative estimate of drug-likeness (QED) is 0.228. The van der Waals surface area contributed by atoms with Gasteiger partial charge in [-0.1, -0.05) is 71.4 Å². The minimum atomic E-state index is -1.32. The monoisotopic (exact) mass is 605 g/mol. The van der Waals surface area contributed by atoms with Crippen LogP contribution in [0.5, 0.6) is 0 Å². The summed E-state index contributed by atoms with van der Waals surface area (Å²) in [6, 6.07) is 20.0. The lowest BCUT2D eigenvalue weighted by atomic mass is 9.79. The van der Waals surface area contributed by atoms with Gasteiger partial charge in [0.2, 0.25) is 0 Å². The van der Waals surface area contributed by atoms with Gasteiger partial charge in [-0.05, 0) is 54.2 Å². The molecule has 2 heterocycles. The van der Waals surface area contributed by atoms with Crippen LogP contribution in [0.4, 0.5) is 9.18 Å². The molecule has 222 valence electrons. The standard InChI is InChI=1S/C31H29ClFN5O5/c32-23-10-11-26(33)25(15-23)22-8-6-20(7-9-22)14-24(35-28(39)27-17-34-37-36-27)16-31(29(40)41)12-13-38(19-31)30(42)43-18-21-4-2-1-3-5-21/h1-11,15,17,24H,12-14,16,18-19H2,(H,35,39)(H,40,41)(H,34,36,37)/t24-,31?/m1/s1. The van der Waals surface area contributed by atoms with Crippen LogP contribution < -0.4 is 5.32 Å². The Morgan fingerprint density at radius 2 is 1.86 bits per heavy atom. The predicted octanol–water partition coefficient (Wildman–Crippen LogP) is 5.11. The Balaban J connectivity index is 1.32. The predicted molar refractivity (Wildman–Crippen MR) is 156 cm³/mol. The molecule has 1 saturated heterocycles. The molecule has 0 spiro atoms. The molecular formula is C31H29ClFN5O5. The Hall–Kier alpha value is -4.77. The summed E-state index contributed by atoms with van der Waals surface area (Å²) in [4.78, 5) is 39.8. The molecule has 12 heteroatoms. The summed E-state index contributed by atoms with van der Waals surface area (Å²) in [7, 11) is 0. The van der Waals surface area contributed by atoms with Gasteiger partial charge in [0.05, 0.1) is 11.6 Å². The first-order valence-electron chi connectivity index (χ1n) is 13.6. The van der Waals surface area contributed by atoms with Crippen molar-refractivity contribution in [1.82, 2.24) is 25.6 Å². The maximum atomic E-state index is 14.4. The van der Waals surface area contributed by atoms with E-state index in [9.17, 15) is 23.9 Å². The molecule has 2 amide bonds. The van der Waals surface area contributed by atoms with Gasteiger partial charge < -0.3 is 20.1 Å². The van der Waals surface area contributed by atoms with Crippen molar-refractivity contribution in [3.63, 3.8) is 0 Å².